The van der Waals surface area contributed by atoms with Crippen LogP contribution in [0.15, 0.2) is 37.1 Å². The van der Waals surface area contributed by atoms with E-state index in [1.165, 1.54) is 11.0 Å². The zero-order valence-electron chi connectivity index (χ0n) is 17.8. The average Bonchev–Trinajstić information content (AvgIpc) is 3.15. The Labute approximate surface area is 188 Å². The number of anilines is 3. The van der Waals surface area contributed by atoms with Gasteiger partial charge in [-0.25, -0.2) is 9.37 Å². The highest BCUT2D eigenvalue weighted by Gasteiger charge is 2.33. The van der Waals surface area contributed by atoms with Crippen molar-refractivity contribution in [3.63, 3.8) is 0 Å². The lowest BCUT2D eigenvalue weighted by atomic mass is 10.1. The highest BCUT2D eigenvalue weighted by atomic mass is 19.4. The molecular weight excluding hydrogens is 440 g/mol. The molecule has 0 saturated carbocycles. The molecule has 0 aliphatic carbocycles. The first-order chi connectivity index (χ1) is 15.7. The summed E-state index contributed by atoms with van der Waals surface area (Å²) in [7, 11) is 0. The van der Waals surface area contributed by atoms with Crippen molar-refractivity contribution in [2.75, 3.05) is 30.3 Å². The summed E-state index contributed by atoms with van der Waals surface area (Å²) in [6, 6.07) is 5.09. The number of carbonyl (C=O) groups excluding carboxylic acids is 1. The highest BCUT2D eigenvalue weighted by molar-refractivity contribution is 5.87. The fourth-order valence-electron chi connectivity index (χ4n) is 4.18. The number of benzene rings is 1. The van der Waals surface area contributed by atoms with Crippen LogP contribution in [0.3, 0.4) is 0 Å². The zero-order chi connectivity index (χ0) is 23.6. The number of alkyl halides is 3. The number of hydrogen-bond acceptors (Lipinski definition) is 6. The van der Waals surface area contributed by atoms with Crippen LogP contribution >= 0.6 is 0 Å². The van der Waals surface area contributed by atoms with Crippen molar-refractivity contribution >= 4 is 23.4 Å². The van der Waals surface area contributed by atoms with Crippen LogP contribution in [0.2, 0.25) is 0 Å². The Hall–Kier alpha value is -3.21. The van der Waals surface area contributed by atoms with Gasteiger partial charge in [0.05, 0.1) is 12.7 Å². The van der Waals surface area contributed by atoms with Gasteiger partial charge in [-0.3, -0.25) is 9.69 Å². The number of rotatable bonds is 6. The number of piperidine rings is 1. The third kappa shape index (κ3) is 5.78. The molecule has 7 nitrogen and oxygen atoms in total. The minimum absolute atomic E-state index is 0.0166. The monoisotopic (exact) mass is 464 g/mol. The van der Waals surface area contributed by atoms with Gasteiger partial charge in [0.25, 0.3) is 0 Å². The number of amides is 1. The Morgan fingerprint density at radius 3 is 2.82 bits per heavy atom. The summed E-state index contributed by atoms with van der Waals surface area (Å²) in [5, 5.41) is 6.04. The minimum Gasteiger partial charge on any atom is -0.363 e. The molecule has 0 bridgehead atoms. The van der Waals surface area contributed by atoms with Crippen LogP contribution in [0.1, 0.15) is 24.0 Å². The normalized spacial score (nSPS) is 18.7. The summed E-state index contributed by atoms with van der Waals surface area (Å²) in [6.07, 6.45) is -0.412. The number of hydrogen-bond donors (Lipinski definition) is 2. The average molecular weight is 464 g/mol. The van der Waals surface area contributed by atoms with Crippen molar-refractivity contribution < 1.29 is 22.4 Å². The maximum atomic E-state index is 14.3. The van der Waals surface area contributed by atoms with Gasteiger partial charge in [0.1, 0.15) is 0 Å². The smallest absolute Gasteiger partial charge is 0.363 e. The quantitative estimate of drug-likeness (QED) is 0.500. The Morgan fingerprint density at radius 1 is 1.27 bits per heavy atom. The predicted molar refractivity (Wildman–Crippen MR) is 115 cm³/mol. The van der Waals surface area contributed by atoms with Crippen LogP contribution in [0, 0.1) is 5.82 Å². The van der Waals surface area contributed by atoms with Crippen LogP contribution < -0.4 is 10.6 Å². The first-order valence-electron chi connectivity index (χ1n) is 10.6. The molecule has 1 saturated heterocycles. The molecule has 3 heterocycles. The van der Waals surface area contributed by atoms with E-state index in [1.807, 2.05) is 0 Å². The maximum absolute atomic E-state index is 14.3. The molecule has 1 unspecified atom stereocenters. The molecule has 176 valence electrons. The Morgan fingerprint density at radius 2 is 2.06 bits per heavy atom. The summed E-state index contributed by atoms with van der Waals surface area (Å²) >= 11 is 0. The standard InChI is InChI=1S/C22H24F4N6O/c1-2-19(33)32-7-3-4-17(12-32)28-20-18(23)9-27-21(30-20)29-16-6-5-14-10-31(11-15(14)8-16)13-22(24,25)26/h2,5-6,8-9,17H,1,3-4,7,10-13H2,(H2,27,28,29,30). The third-order valence-corrected chi connectivity index (χ3v) is 5.65. The summed E-state index contributed by atoms with van der Waals surface area (Å²) in [6.45, 7) is 4.01. The van der Waals surface area contributed by atoms with Crippen LogP contribution in [0.4, 0.5) is 35.0 Å². The molecular formula is C22H24F4N6O. The van der Waals surface area contributed by atoms with Crippen LogP contribution in [0.25, 0.3) is 0 Å². The van der Waals surface area contributed by atoms with Gasteiger partial charge in [-0.2, -0.15) is 18.2 Å². The number of carbonyl (C=O) groups is 1. The SMILES string of the molecule is C=CC(=O)N1CCCC(Nc2nc(Nc3ccc4c(c3)CN(CC(F)(F)F)C4)ncc2F)C1. The molecule has 0 spiro atoms. The fraction of sp³-hybridized carbons (Fsp3) is 0.409. The van der Waals surface area contributed by atoms with Gasteiger partial charge in [0.15, 0.2) is 11.6 Å². The second-order valence-electron chi connectivity index (χ2n) is 8.23. The van der Waals surface area contributed by atoms with E-state index in [9.17, 15) is 22.4 Å². The molecule has 2 N–H and O–H groups in total. The van der Waals surface area contributed by atoms with Gasteiger partial charge in [-0.15, -0.1) is 0 Å². The van der Waals surface area contributed by atoms with Crippen molar-refractivity contribution in [3.05, 3.63) is 54.0 Å². The van der Waals surface area contributed by atoms with E-state index in [2.05, 4.69) is 27.2 Å². The molecule has 2 aromatic rings. The lowest BCUT2D eigenvalue weighted by Gasteiger charge is -2.32. The van der Waals surface area contributed by atoms with Gasteiger partial charge in [-0.1, -0.05) is 12.6 Å². The van der Waals surface area contributed by atoms with Gasteiger partial charge in [-0.05, 0) is 42.2 Å². The summed E-state index contributed by atoms with van der Waals surface area (Å²) in [4.78, 5) is 23.0. The second kappa shape index (κ2) is 9.34. The number of likely N-dealkylation sites (tertiary alicyclic amines) is 1. The largest absolute Gasteiger partial charge is 0.401 e. The molecule has 4 rings (SSSR count). The molecule has 0 radical (unpaired) electrons. The molecule has 1 fully saturated rings. The summed E-state index contributed by atoms with van der Waals surface area (Å²) in [5.74, 6) is -0.622. The van der Waals surface area contributed by atoms with Crippen molar-refractivity contribution in [1.29, 1.82) is 0 Å². The predicted octanol–water partition coefficient (Wildman–Crippen LogP) is 3.83. The van der Waals surface area contributed by atoms with Gasteiger partial charge >= 0.3 is 6.18 Å². The number of nitrogens with one attached hydrogen (secondary N) is 2. The molecule has 1 aromatic carbocycles. The van der Waals surface area contributed by atoms with E-state index in [-0.39, 0.29) is 36.8 Å². The minimum atomic E-state index is -4.25. The van der Waals surface area contributed by atoms with E-state index in [1.54, 1.807) is 23.1 Å². The van der Waals surface area contributed by atoms with Crippen LogP contribution in [0.5, 0.6) is 0 Å². The van der Waals surface area contributed by atoms with Crippen molar-refractivity contribution in [2.24, 2.45) is 0 Å². The van der Waals surface area contributed by atoms with Crippen LogP contribution in [-0.2, 0) is 17.9 Å². The zero-order valence-corrected chi connectivity index (χ0v) is 17.8. The van der Waals surface area contributed by atoms with E-state index >= 15 is 0 Å². The van der Waals surface area contributed by atoms with Crippen molar-refractivity contribution in [1.82, 2.24) is 19.8 Å². The molecule has 11 heteroatoms. The van der Waals surface area contributed by atoms with E-state index in [0.717, 1.165) is 30.2 Å². The maximum Gasteiger partial charge on any atom is 0.401 e. The number of aromatic nitrogens is 2. The fourth-order valence-corrected chi connectivity index (χ4v) is 4.18. The molecule has 1 aromatic heterocycles. The topological polar surface area (TPSA) is 73.4 Å². The number of nitrogens with zero attached hydrogens (tertiary/aromatic N) is 4. The third-order valence-electron chi connectivity index (χ3n) is 5.65. The Kier molecular flexibility index (Phi) is 6.50. The summed E-state index contributed by atoms with van der Waals surface area (Å²) < 4.78 is 52.4. The lowest BCUT2D eigenvalue weighted by molar-refractivity contribution is -0.147. The van der Waals surface area contributed by atoms with Gasteiger partial charge in [0.2, 0.25) is 11.9 Å². The lowest BCUT2D eigenvalue weighted by Crippen LogP contribution is -2.44. The molecule has 1 atom stereocenters. The highest BCUT2D eigenvalue weighted by Crippen LogP contribution is 2.29. The van der Waals surface area contributed by atoms with E-state index in [0.29, 0.717) is 18.8 Å². The molecule has 1 amide bonds. The first kappa shape index (κ1) is 23.0. The van der Waals surface area contributed by atoms with Crippen molar-refractivity contribution in [3.8, 4) is 0 Å². The van der Waals surface area contributed by atoms with Crippen molar-refractivity contribution in [2.45, 2.75) is 38.1 Å². The number of fused-ring (bicyclic) bond motifs is 1. The second-order valence-corrected chi connectivity index (χ2v) is 8.23. The van der Waals surface area contributed by atoms with Gasteiger partial charge in [0, 0.05) is 37.9 Å². The summed E-state index contributed by atoms with van der Waals surface area (Å²) in [5.41, 5.74) is 2.22. The molecule has 2 aliphatic heterocycles. The van der Waals surface area contributed by atoms with E-state index in [4.69, 9.17) is 0 Å². The molecule has 2 aliphatic rings. The van der Waals surface area contributed by atoms with E-state index < -0.39 is 18.5 Å². The first-order valence-corrected chi connectivity index (χ1v) is 10.6. The van der Waals surface area contributed by atoms with Gasteiger partial charge < -0.3 is 15.5 Å². The van der Waals surface area contributed by atoms with Crippen LogP contribution in [-0.4, -0.2) is 57.5 Å². The Balaban J connectivity index is 1.42. The number of halogens is 4. The molecule has 33 heavy (non-hydrogen) atoms. The Bertz CT molecular complexity index is 1040.